The molecule has 1 aliphatic rings. The summed E-state index contributed by atoms with van der Waals surface area (Å²) in [5.41, 5.74) is 0. The van der Waals surface area contributed by atoms with Crippen LogP contribution >= 0.6 is 11.3 Å². The Morgan fingerprint density at radius 2 is 2.10 bits per heavy atom. The van der Waals surface area contributed by atoms with Crippen molar-refractivity contribution in [2.45, 2.75) is 23.5 Å². The van der Waals surface area contributed by atoms with Gasteiger partial charge >= 0.3 is 5.97 Å². The molecule has 0 atom stereocenters. The first-order chi connectivity index (χ1) is 9.88. The maximum absolute atomic E-state index is 12.1. The van der Waals surface area contributed by atoms with E-state index in [1.807, 2.05) is 0 Å². The van der Waals surface area contributed by atoms with Crippen LogP contribution in [0.5, 0.6) is 0 Å². The highest BCUT2D eigenvalue weighted by molar-refractivity contribution is 7.91. The molecule has 118 valence electrons. The predicted molar refractivity (Wildman–Crippen MR) is 81.3 cm³/mol. The number of nitrogens with zero attached hydrogens (tertiary/aromatic N) is 1. The van der Waals surface area contributed by atoms with Crippen LogP contribution in [0.1, 0.15) is 28.9 Å². The van der Waals surface area contributed by atoms with Crippen LogP contribution in [0.15, 0.2) is 16.3 Å². The molecule has 1 aromatic rings. The van der Waals surface area contributed by atoms with Gasteiger partial charge < -0.3 is 10.0 Å². The van der Waals surface area contributed by atoms with Gasteiger partial charge in [-0.3, -0.25) is 0 Å². The summed E-state index contributed by atoms with van der Waals surface area (Å²) in [6.45, 7) is 2.52. The fourth-order valence-electron chi connectivity index (χ4n) is 2.40. The molecule has 21 heavy (non-hydrogen) atoms. The van der Waals surface area contributed by atoms with Crippen LogP contribution in [0, 0.1) is 5.92 Å². The molecule has 1 fully saturated rings. The Morgan fingerprint density at radius 1 is 1.43 bits per heavy atom. The van der Waals surface area contributed by atoms with E-state index in [0.29, 0.717) is 12.5 Å². The van der Waals surface area contributed by atoms with Crippen molar-refractivity contribution in [3.63, 3.8) is 0 Å². The van der Waals surface area contributed by atoms with Gasteiger partial charge in [0, 0.05) is 6.54 Å². The highest BCUT2D eigenvalue weighted by Gasteiger charge is 2.20. The molecule has 0 spiro atoms. The second-order valence-corrected chi connectivity index (χ2v) is 8.43. The van der Waals surface area contributed by atoms with E-state index in [2.05, 4.69) is 16.7 Å². The number of likely N-dealkylation sites (tertiary alicyclic amines) is 1. The molecule has 1 aliphatic heterocycles. The minimum absolute atomic E-state index is 0.0330. The van der Waals surface area contributed by atoms with E-state index in [0.717, 1.165) is 43.7 Å². The lowest BCUT2D eigenvalue weighted by molar-refractivity contribution is 0.0702. The molecule has 0 amide bonds. The molecular formula is C13H20N2O4S2. The Labute approximate surface area is 128 Å². The molecule has 0 aromatic carbocycles. The Hall–Kier alpha value is -0.960. The van der Waals surface area contributed by atoms with Crippen molar-refractivity contribution in [1.29, 1.82) is 0 Å². The molecule has 0 bridgehead atoms. The first-order valence-electron chi connectivity index (χ1n) is 6.90. The third kappa shape index (κ3) is 4.50. The van der Waals surface area contributed by atoms with E-state index in [-0.39, 0.29) is 9.09 Å². The third-order valence-corrected chi connectivity index (χ3v) is 6.77. The van der Waals surface area contributed by atoms with E-state index in [1.165, 1.54) is 12.1 Å². The lowest BCUT2D eigenvalue weighted by Crippen LogP contribution is -2.32. The Morgan fingerprint density at radius 3 is 2.67 bits per heavy atom. The fourth-order valence-corrected chi connectivity index (χ4v) is 4.64. The van der Waals surface area contributed by atoms with Crippen molar-refractivity contribution in [3.05, 3.63) is 17.0 Å². The van der Waals surface area contributed by atoms with Gasteiger partial charge in [0.05, 0.1) is 0 Å². The smallest absolute Gasteiger partial charge is 0.345 e. The summed E-state index contributed by atoms with van der Waals surface area (Å²) in [5, 5.41) is 8.82. The number of sulfonamides is 1. The zero-order chi connectivity index (χ0) is 15.5. The molecule has 2 heterocycles. The summed E-state index contributed by atoms with van der Waals surface area (Å²) in [5.74, 6) is -0.547. The number of hydrogen-bond acceptors (Lipinski definition) is 5. The molecule has 6 nitrogen and oxygen atoms in total. The molecule has 0 unspecified atom stereocenters. The molecular weight excluding hydrogens is 312 g/mol. The number of carbonyl (C=O) groups is 1. The Bertz CT molecular complexity index is 589. The summed E-state index contributed by atoms with van der Waals surface area (Å²) in [6.07, 6.45) is 3.02. The fraction of sp³-hybridized carbons (Fsp3) is 0.615. The second kappa shape index (κ2) is 6.87. The minimum atomic E-state index is -3.59. The Kier molecular flexibility index (Phi) is 5.37. The van der Waals surface area contributed by atoms with E-state index < -0.39 is 16.0 Å². The van der Waals surface area contributed by atoms with Gasteiger partial charge in [-0.25, -0.2) is 17.9 Å². The SMILES string of the molecule is CN1CCC(CCNS(=O)(=O)c2ccc(C(=O)O)s2)CC1. The normalized spacial score (nSPS) is 18.0. The first kappa shape index (κ1) is 16.4. The van der Waals surface area contributed by atoms with Crippen LogP contribution in [0.2, 0.25) is 0 Å². The van der Waals surface area contributed by atoms with Gasteiger partial charge in [-0.2, -0.15) is 0 Å². The average Bonchev–Trinajstić information content (AvgIpc) is 2.91. The van der Waals surface area contributed by atoms with Gasteiger partial charge in [0.1, 0.15) is 9.09 Å². The number of carboxylic acid groups (broad SMARTS) is 1. The number of rotatable bonds is 6. The van der Waals surface area contributed by atoms with Gasteiger partial charge in [0.2, 0.25) is 10.0 Å². The van der Waals surface area contributed by atoms with Crippen LogP contribution in [0.4, 0.5) is 0 Å². The van der Waals surface area contributed by atoms with Crippen LogP contribution in [0.3, 0.4) is 0 Å². The summed E-state index contributed by atoms with van der Waals surface area (Å²) in [6, 6.07) is 2.66. The second-order valence-electron chi connectivity index (χ2n) is 5.36. The highest BCUT2D eigenvalue weighted by Crippen LogP contribution is 2.22. The minimum Gasteiger partial charge on any atom is -0.477 e. The maximum atomic E-state index is 12.1. The number of aromatic carboxylic acids is 1. The van der Waals surface area contributed by atoms with Gasteiger partial charge in [-0.1, -0.05) is 0 Å². The largest absolute Gasteiger partial charge is 0.477 e. The molecule has 1 aromatic heterocycles. The third-order valence-electron chi connectivity index (χ3n) is 3.74. The van der Waals surface area contributed by atoms with E-state index in [4.69, 9.17) is 5.11 Å². The highest BCUT2D eigenvalue weighted by atomic mass is 32.2. The van der Waals surface area contributed by atoms with E-state index in [9.17, 15) is 13.2 Å². The van der Waals surface area contributed by atoms with Gasteiger partial charge in [0.15, 0.2) is 0 Å². The number of nitrogens with one attached hydrogen (secondary N) is 1. The molecule has 2 N–H and O–H groups in total. The van der Waals surface area contributed by atoms with Crippen LogP contribution in [-0.2, 0) is 10.0 Å². The van der Waals surface area contributed by atoms with Crippen molar-refractivity contribution >= 4 is 27.3 Å². The van der Waals surface area contributed by atoms with Gasteiger partial charge in [-0.15, -0.1) is 11.3 Å². The van der Waals surface area contributed by atoms with Gasteiger partial charge in [0.25, 0.3) is 0 Å². The van der Waals surface area contributed by atoms with Crippen molar-refractivity contribution in [2.75, 3.05) is 26.7 Å². The predicted octanol–water partition coefficient (Wildman–Crippen LogP) is 1.46. The first-order valence-corrected chi connectivity index (χ1v) is 9.20. The van der Waals surface area contributed by atoms with Crippen molar-refractivity contribution in [3.8, 4) is 0 Å². The van der Waals surface area contributed by atoms with Crippen LogP contribution in [-0.4, -0.2) is 51.1 Å². The summed E-state index contributed by atoms with van der Waals surface area (Å²) in [4.78, 5) is 13.1. The summed E-state index contributed by atoms with van der Waals surface area (Å²) in [7, 11) is -1.50. The molecule has 8 heteroatoms. The Balaban J connectivity index is 1.85. The number of piperidine rings is 1. The van der Waals surface area contributed by atoms with Crippen LogP contribution < -0.4 is 4.72 Å². The quantitative estimate of drug-likeness (QED) is 0.823. The van der Waals surface area contributed by atoms with Crippen molar-refractivity contribution < 1.29 is 18.3 Å². The summed E-state index contributed by atoms with van der Waals surface area (Å²) < 4.78 is 26.7. The number of hydrogen-bond donors (Lipinski definition) is 2. The lowest BCUT2D eigenvalue weighted by Gasteiger charge is -2.28. The standard InChI is InChI=1S/C13H20N2O4S2/c1-15-8-5-10(6-9-15)4-7-14-21(18,19)12-3-2-11(20-12)13(16)17/h2-3,10,14H,4-9H2,1H3,(H,16,17). The van der Waals surface area contributed by atoms with Crippen LogP contribution in [0.25, 0.3) is 0 Å². The van der Waals surface area contributed by atoms with E-state index >= 15 is 0 Å². The lowest BCUT2D eigenvalue weighted by atomic mass is 9.94. The van der Waals surface area contributed by atoms with Gasteiger partial charge in [-0.05, 0) is 57.5 Å². The number of carboxylic acids is 1. The number of thiophene rings is 1. The van der Waals surface area contributed by atoms with Crippen molar-refractivity contribution in [1.82, 2.24) is 9.62 Å². The molecule has 0 saturated carbocycles. The zero-order valence-corrected chi connectivity index (χ0v) is 13.5. The average molecular weight is 332 g/mol. The van der Waals surface area contributed by atoms with Crippen molar-refractivity contribution in [2.24, 2.45) is 5.92 Å². The summed E-state index contributed by atoms with van der Waals surface area (Å²) >= 11 is 0.778. The molecule has 0 aliphatic carbocycles. The molecule has 2 rings (SSSR count). The molecule has 1 saturated heterocycles. The zero-order valence-electron chi connectivity index (χ0n) is 11.9. The topological polar surface area (TPSA) is 86.7 Å². The maximum Gasteiger partial charge on any atom is 0.345 e. The monoisotopic (exact) mass is 332 g/mol. The van der Waals surface area contributed by atoms with E-state index in [1.54, 1.807) is 0 Å². The molecule has 0 radical (unpaired) electrons.